The number of nitrogens with two attached hydrogens (primary N) is 1. The topological polar surface area (TPSA) is 101 Å². The number of hydrogen-bond donors (Lipinski definition) is 2. The number of nitrogens with one attached hydrogen (secondary N) is 1. The number of aryl methyl sites for hydroxylation is 1. The largest absolute Gasteiger partial charge is 0.383 e. The first-order valence-electron chi connectivity index (χ1n) is 10.1. The van der Waals surface area contributed by atoms with Gasteiger partial charge in [0.2, 0.25) is 5.91 Å². The maximum Gasteiger partial charge on any atom is 0.330 e. The van der Waals surface area contributed by atoms with Gasteiger partial charge < -0.3 is 10.6 Å². The van der Waals surface area contributed by atoms with E-state index in [9.17, 15) is 14.4 Å². The normalized spacial score (nSPS) is 10.9. The molecule has 1 heterocycles. The van der Waals surface area contributed by atoms with Gasteiger partial charge in [-0.15, -0.1) is 11.8 Å². The van der Waals surface area contributed by atoms with Gasteiger partial charge in [0, 0.05) is 22.5 Å². The van der Waals surface area contributed by atoms with E-state index in [1.807, 2.05) is 39.0 Å². The Balaban J connectivity index is 2.35. The molecular formula is C21H29BrN4O3S. The van der Waals surface area contributed by atoms with Gasteiger partial charge in [0.15, 0.2) is 5.69 Å². The molecule has 0 aliphatic heterocycles. The van der Waals surface area contributed by atoms with E-state index in [1.54, 1.807) is 0 Å². The first-order valence-corrected chi connectivity index (χ1v) is 11.9. The van der Waals surface area contributed by atoms with E-state index in [0.29, 0.717) is 13.1 Å². The Morgan fingerprint density at radius 2 is 1.93 bits per heavy atom. The lowest BCUT2D eigenvalue weighted by atomic mass is 10.2. The number of carbonyl (C=O) groups excluding carboxylic acids is 1. The van der Waals surface area contributed by atoms with Gasteiger partial charge in [-0.25, -0.2) is 4.79 Å². The van der Waals surface area contributed by atoms with Gasteiger partial charge in [0.25, 0.3) is 5.56 Å². The van der Waals surface area contributed by atoms with Gasteiger partial charge in [-0.3, -0.25) is 19.1 Å². The number of H-pyrrole nitrogens is 1. The van der Waals surface area contributed by atoms with Gasteiger partial charge in [-0.2, -0.15) is 0 Å². The number of halogens is 1. The molecule has 0 saturated heterocycles. The summed E-state index contributed by atoms with van der Waals surface area (Å²) >= 11 is 4.86. The highest BCUT2D eigenvalue weighted by Crippen LogP contribution is 2.27. The summed E-state index contributed by atoms with van der Waals surface area (Å²) in [6.07, 6.45) is 3.20. The first-order chi connectivity index (χ1) is 14.3. The number of hydrogen-bond acceptors (Lipinski definition) is 5. The second kappa shape index (κ2) is 11.4. The maximum absolute atomic E-state index is 13.1. The van der Waals surface area contributed by atoms with Crippen LogP contribution in [0.2, 0.25) is 0 Å². The molecule has 0 atom stereocenters. The summed E-state index contributed by atoms with van der Waals surface area (Å²) in [5, 5.41) is 0. The van der Waals surface area contributed by atoms with Crippen molar-refractivity contribution < 1.29 is 4.79 Å². The Morgan fingerprint density at radius 3 is 2.57 bits per heavy atom. The lowest BCUT2D eigenvalue weighted by Gasteiger charge is -2.24. The van der Waals surface area contributed by atoms with Gasteiger partial charge in [-0.1, -0.05) is 42.6 Å². The van der Waals surface area contributed by atoms with E-state index in [4.69, 9.17) is 5.73 Å². The van der Waals surface area contributed by atoms with Crippen LogP contribution in [0.4, 0.5) is 11.5 Å². The van der Waals surface area contributed by atoms with E-state index in [1.165, 1.54) is 21.2 Å². The molecule has 164 valence electrons. The number of benzene rings is 1. The lowest BCUT2D eigenvalue weighted by Crippen LogP contribution is -2.42. The standard InChI is InChI=1S/C21H29BrN4O3S/c1-4-6-10-25(17(27)13-30-16-9-8-15(22)12-14(16)3)18-19(23)26(11-7-5-2)21(29)24-20(18)28/h8-9,12H,4-7,10-11,13,23H2,1-3H3,(H,24,28,29). The average Bonchev–Trinajstić information content (AvgIpc) is 2.69. The lowest BCUT2D eigenvalue weighted by molar-refractivity contribution is -0.116. The van der Waals surface area contributed by atoms with Crippen LogP contribution in [0.3, 0.4) is 0 Å². The van der Waals surface area contributed by atoms with Crippen LogP contribution < -0.4 is 21.9 Å². The van der Waals surface area contributed by atoms with Gasteiger partial charge in [0.1, 0.15) is 5.82 Å². The summed E-state index contributed by atoms with van der Waals surface area (Å²) in [4.78, 5) is 42.7. The van der Waals surface area contributed by atoms with Crippen LogP contribution in [-0.4, -0.2) is 27.8 Å². The molecule has 2 rings (SSSR count). The monoisotopic (exact) mass is 496 g/mol. The molecule has 9 heteroatoms. The van der Waals surface area contributed by atoms with E-state index in [0.717, 1.165) is 40.6 Å². The summed E-state index contributed by atoms with van der Waals surface area (Å²) in [7, 11) is 0. The van der Waals surface area contributed by atoms with E-state index in [-0.39, 0.29) is 23.2 Å². The number of rotatable bonds is 10. The second-order valence-electron chi connectivity index (χ2n) is 7.10. The number of nitrogen functional groups attached to an aromatic ring is 1. The van der Waals surface area contributed by atoms with Crippen molar-refractivity contribution in [2.75, 3.05) is 22.9 Å². The molecule has 0 radical (unpaired) electrons. The third-order valence-corrected chi connectivity index (χ3v) is 6.40. The van der Waals surface area contributed by atoms with Crippen LogP contribution in [0.15, 0.2) is 37.2 Å². The van der Waals surface area contributed by atoms with Gasteiger partial charge in [-0.05, 0) is 43.5 Å². The van der Waals surface area contributed by atoms with Crippen LogP contribution in [0, 0.1) is 6.92 Å². The predicted molar refractivity (Wildman–Crippen MR) is 128 cm³/mol. The van der Waals surface area contributed by atoms with Crippen molar-refractivity contribution in [2.45, 2.75) is 57.9 Å². The quantitative estimate of drug-likeness (QED) is 0.485. The summed E-state index contributed by atoms with van der Waals surface area (Å²) in [6.45, 7) is 6.77. The van der Waals surface area contributed by atoms with Crippen molar-refractivity contribution in [1.82, 2.24) is 9.55 Å². The molecule has 0 fully saturated rings. The third-order valence-electron chi connectivity index (χ3n) is 4.74. The molecular weight excluding hydrogens is 468 g/mol. The maximum atomic E-state index is 13.1. The average molecular weight is 497 g/mol. The summed E-state index contributed by atoms with van der Waals surface area (Å²) < 4.78 is 2.33. The molecule has 0 bridgehead atoms. The fourth-order valence-corrected chi connectivity index (χ4v) is 4.41. The number of unbranched alkanes of at least 4 members (excludes halogenated alkanes) is 2. The zero-order valence-electron chi connectivity index (χ0n) is 17.7. The van der Waals surface area contributed by atoms with Crippen molar-refractivity contribution >= 4 is 45.1 Å². The Hall–Kier alpha value is -2.00. The number of nitrogens with zero attached hydrogens (tertiary/aromatic N) is 2. The summed E-state index contributed by atoms with van der Waals surface area (Å²) in [5.41, 5.74) is 6.18. The molecule has 0 saturated carbocycles. The SMILES string of the molecule is CCCCN(C(=O)CSc1ccc(Br)cc1C)c1c(N)n(CCCC)c(=O)[nH]c1=O. The molecule has 2 aromatic rings. The van der Waals surface area contributed by atoms with Crippen LogP contribution in [0.5, 0.6) is 0 Å². The summed E-state index contributed by atoms with van der Waals surface area (Å²) in [6, 6.07) is 5.88. The fourth-order valence-electron chi connectivity index (χ4n) is 3.05. The van der Waals surface area contributed by atoms with Gasteiger partial charge >= 0.3 is 5.69 Å². The Kier molecular flexibility index (Phi) is 9.23. The number of carbonyl (C=O) groups is 1. The van der Waals surface area contributed by atoms with Crippen LogP contribution in [-0.2, 0) is 11.3 Å². The Bertz CT molecular complexity index is 1000. The zero-order valence-corrected chi connectivity index (χ0v) is 20.1. The number of aromatic nitrogens is 2. The molecule has 0 spiro atoms. The molecule has 0 aliphatic rings. The number of anilines is 2. The fraction of sp³-hybridized carbons (Fsp3) is 0.476. The Morgan fingerprint density at radius 1 is 1.23 bits per heavy atom. The van der Waals surface area contributed by atoms with Crippen molar-refractivity contribution in [3.8, 4) is 0 Å². The van der Waals surface area contributed by atoms with Crippen LogP contribution in [0.25, 0.3) is 0 Å². The molecule has 1 aromatic heterocycles. The van der Waals surface area contributed by atoms with Crippen molar-refractivity contribution in [3.05, 3.63) is 49.1 Å². The van der Waals surface area contributed by atoms with Crippen molar-refractivity contribution in [2.24, 2.45) is 0 Å². The molecule has 1 aromatic carbocycles. The molecule has 0 unspecified atom stereocenters. The smallest absolute Gasteiger partial charge is 0.330 e. The molecule has 1 amide bonds. The minimum atomic E-state index is -0.625. The molecule has 7 nitrogen and oxygen atoms in total. The first kappa shape index (κ1) is 24.3. The van der Waals surface area contributed by atoms with Crippen molar-refractivity contribution in [3.63, 3.8) is 0 Å². The van der Waals surface area contributed by atoms with E-state index >= 15 is 0 Å². The highest BCUT2D eigenvalue weighted by molar-refractivity contribution is 9.10. The summed E-state index contributed by atoms with van der Waals surface area (Å²) in [5.74, 6) is -0.000716. The van der Waals surface area contributed by atoms with Crippen molar-refractivity contribution in [1.29, 1.82) is 0 Å². The van der Waals surface area contributed by atoms with E-state index < -0.39 is 11.2 Å². The molecule has 0 aliphatic carbocycles. The predicted octanol–water partition coefficient (Wildman–Crippen LogP) is 3.92. The molecule has 30 heavy (non-hydrogen) atoms. The minimum Gasteiger partial charge on any atom is -0.383 e. The van der Waals surface area contributed by atoms with E-state index in [2.05, 4.69) is 20.9 Å². The third kappa shape index (κ3) is 6.01. The number of aromatic amines is 1. The minimum absolute atomic E-state index is 0.0477. The van der Waals surface area contributed by atoms with Crippen LogP contribution in [0.1, 0.15) is 45.1 Å². The van der Waals surface area contributed by atoms with Crippen LogP contribution >= 0.6 is 27.7 Å². The zero-order chi connectivity index (χ0) is 22.3. The molecule has 3 N–H and O–H groups in total. The Labute approximate surface area is 189 Å². The number of thioether (sulfide) groups is 1. The number of amides is 1. The second-order valence-corrected chi connectivity index (χ2v) is 9.03. The van der Waals surface area contributed by atoms with Gasteiger partial charge in [0.05, 0.1) is 5.75 Å². The highest BCUT2D eigenvalue weighted by Gasteiger charge is 2.24. The highest BCUT2D eigenvalue weighted by atomic mass is 79.9.